The van der Waals surface area contributed by atoms with Gasteiger partial charge in [0.1, 0.15) is 11.6 Å². The number of alkyl halides is 6. The van der Waals surface area contributed by atoms with Gasteiger partial charge in [0.2, 0.25) is 0 Å². The van der Waals surface area contributed by atoms with E-state index in [1.54, 1.807) is 12.1 Å². The summed E-state index contributed by atoms with van der Waals surface area (Å²) < 4.78 is 108. The van der Waals surface area contributed by atoms with Crippen LogP contribution in [0, 0.1) is 11.6 Å². The molecule has 1 aliphatic heterocycles. The maximum absolute atomic E-state index is 14.2. The number of ether oxygens (including phenoxy) is 2. The maximum Gasteiger partial charge on any atom is 0.522 e. The van der Waals surface area contributed by atoms with Crippen LogP contribution in [0.4, 0.5) is 35.1 Å². The summed E-state index contributed by atoms with van der Waals surface area (Å²) in [7, 11) is 0. The molecule has 0 saturated heterocycles. The Kier molecular flexibility index (Phi) is 9.42. The molecule has 2 fully saturated rings. The van der Waals surface area contributed by atoms with Crippen molar-refractivity contribution in [2.24, 2.45) is 5.73 Å². The van der Waals surface area contributed by atoms with Gasteiger partial charge < -0.3 is 5.73 Å². The Bertz CT molecular complexity index is 1570. The molecule has 0 spiro atoms. The monoisotopic (exact) mass is 658 g/mol. The lowest BCUT2D eigenvalue weighted by molar-refractivity contribution is -0.352. The number of carbonyl (C=O) groups excluding carboxylic acids is 2. The Morgan fingerprint density at radius 1 is 0.739 bits per heavy atom. The summed E-state index contributed by atoms with van der Waals surface area (Å²) >= 11 is 0. The van der Waals surface area contributed by atoms with Crippen LogP contribution < -0.4 is 5.73 Å². The molecule has 46 heavy (non-hydrogen) atoms. The molecule has 0 bridgehead atoms. The first kappa shape index (κ1) is 33.3. The molecular formula is C30H26F8N4O4. The van der Waals surface area contributed by atoms with Gasteiger partial charge in [-0.25, -0.2) is 8.78 Å². The quantitative estimate of drug-likeness (QED) is 0.236. The highest BCUT2D eigenvalue weighted by Gasteiger charge is 2.42. The fraction of sp³-hybridized carbons (Fsp3) is 0.400. The third kappa shape index (κ3) is 7.67. The number of carbonyl (C=O) groups is 2. The molecular weight excluding hydrogens is 632 g/mol. The first-order valence-electron chi connectivity index (χ1n) is 14.0. The number of hydrogen-bond acceptors (Lipinski definition) is 7. The normalized spacial score (nSPS) is 22.5. The van der Waals surface area contributed by atoms with E-state index in [1.807, 2.05) is 0 Å². The van der Waals surface area contributed by atoms with Crippen molar-refractivity contribution in [3.63, 3.8) is 0 Å². The highest BCUT2D eigenvalue weighted by atomic mass is 19.4. The van der Waals surface area contributed by atoms with Gasteiger partial charge in [0.15, 0.2) is 0 Å². The van der Waals surface area contributed by atoms with E-state index in [0.717, 1.165) is 17.3 Å². The number of nitrogens with two attached hydrogens (primary N) is 1. The van der Waals surface area contributed by atoms with Gasteiger partial charge in [0.05, 0.1) is 42.3 Å². The van der Waals surface area contributed by atoms with E-state index in [1.165, 1.54) is 24.3 Å². The minimum Gasteiger partial charge on any atom is -0.326 e. The lowest BCUT2D eigenvalue weighted by Gasteiger charge is -2.35. The Balaban J connectivity index is 0.000000200. The maximum atomic E-state index is 14.2. The molecule has 16 heteroatoms. The number of amides is 2. The van der Waals surface area contributed by atoms with Crippen molar-refractivity contribution in [1.82, 2.24) is 14.9 Å². The summed E-state index contributed by atoms with van der Waals surface area (Å²) in [4.78, 5) is 33.6. The average Bonchev–Trinajstić information content (AvgIpc) is 3.18. The molecule has 8 nitrogen and oxygen atoms in total. The van der Waals surface area contributed by atoms with Gasteiger partial charge in [0.25, 0.3) is 11.8 Å². The van der Waals surface area contributed by atoms with E-state index in [9.17, 15) is 44.7 Å². The van der Waals surface area contributed by atoms with E-state index in [-0.39, 0.29) is 67.3 Å². The van der Waals surface area contributed by atoms with Crippen molar-refractivity contribution in [2.75, 3.05) is 0 Å². The lowest BCUT2D eigenvalue weighted by Crippen LogP contribution is -2.35. The minimum absolute atomic E-state index is 0.0382. The van der Waals surface area contributed by atoms with Crippen molar-refractivity contribution < 1.29 is 54.2 Å². The second kappa shape index (κ2) is 13.0. The van der Waals surface area contributed by atoms with Crippen LogP contribution in [0.2, 0.25) is 0 Å². The van der Waals surface area contributed by atoms with Gasteiger partial charge in [0, 0.05) is 40.9 Å². The number of pyridine rings is 2. The lowest BCUT2D eigenvalue weighted by atomic mass is 9.79. The molecule has 0 radical (unpaired) electrons. The van der Waals surface area contributed by atoms with Crippen LogP contribution in [0.15, 0.2) is 48.8 Å². The molecule has 3 aromatic rings. The predicted molar refractivity (Wildman–Crippen MR) is 143 cm³/mol. The van der Waals surface area contributed by atoms with Gasteiger partial charge >= 0.3 is 12.7 Å². The number of rotatable bonds is 7. The summed E-state index contributed by atoms with van der Waals surface area (Å²) in [5.41, 5.74) is 7.25. The first-order valence-corrected chi connectivity index (χ1v) is 14.0. The molecule has 2 N–H and O–H groups in total. The highest BCUT2D eigenvalue weighted by Crippen LogP contribution is 2.42. The van der Waals surface area contributed by atoms with Crippen LogP contribution in [-0.2, 0) is 22.6 Å². The van der Waals surface area contributed by atoms with Crippen LogP contribution in [0.25, 0.3) is 0 Å². The molecule has 2 saturated carbocycles. The molecule has 2 aromatic heterocycles. The van der Waals surface area contributed by atoms with Crippen molar-refractivity contribution in [3.8, 4) is 0 Å². The number of nitrogens with zero attached hydrogens (tertiary/aromatic N) is 3. The third-order valence-electron chi connectivity index (χ3n) is 7.97. The van der Waals surface area contributed by atoms with E-state index in [2.05, 4.69) is 19.4 Å². The van der Waals surface area contributed by atoms with Gasteiger partial charge in [-0.2, -0.15) is 0 Å². The van der Waals surface area contributed by atoms with Crippen LogP contribution in [0.5, 0.6) is 0 Å². The van der Waals surface area contributed by atoms with Crippen molar-refractivity contribution in [2.45, 2.75) is 75.5 Å². The highest BCUT2D eigenvalue weighted by molar-refractivity contribution is 6.21. The molecule has 6 rings (SSSR count). The Labute approximate surface area is 256 Å². The second-order valence-electron chi connectivity index (χ2n) is 11.1. The van der Waals surface area contributed by atoms with E-state index >= 15 is 0 Å². The predicted octanol–water partition coefficient (Wildman–Crippen LogP) is 6.26. The summed E-state index contributed by atoms with van der Waals surface area (Å²) in [6.45, 7) is -0.237. The molecule has 2 amide bonds. The second-order valence-corrected chi connectivity index (χ2v) is 11.1. The van der Waals surface area contributed by atoms with Gasteiger partial charge in [-0.05, 0) is 49.9 Å². The average molecular weight is 659 g/mol. The SMILES string of the molecule is NCc1cc(C2CC(OC(F)(F)F)C2)ncc1F.O=C1c2ccccc2C(=O)N1Cc1cc(C2CC(OC(F)(F)F)C2)ncc1F. The molecule has 2 aliphatic carbocycles. The summed E-state index contributed by atoms with van der Waals surface area (Å²) in [6.07, 6.45) is -8.35. The number of imide groups is 1. The van der Waals surface area contributed by atoms with Crippen LogP contribution in [0.1, 0.15) is 80.7 Å². The number of benzene rings is 1. The zero-order valence-electron chi connectivity index (χ0n) is 23.7. The topological polar surface area (TPSA) is 108 Å². The zero-order valence-corrected chi connectivity index (χ0v) is 23.7. The summed E-state index contributed by atoms with van der Waals surface area (Å²) in [5.74, 6) is -2.63. The fourth-order valence-electron chi connectivity index (χ4n) is 5.46. The van der Waals surface area contributed by atoms with Crippen LogP contribution >= 0.6 is 0 Å². The largest absolute Gasteiger partial charge is 0.522 e. The van der Waals surface area contributed by atoms with E-state index in [0.29, 0.717) is 17.0 Å². The summed E-state index contributed by atoms with van der Waals surface area (Å²) in [6, 6.07) is 9.22. The third-order valence-corrected chi connectivity index (χ3v) is 7.97. The van der Waals surface area contributed by atoms with Gasteiger partial charge in [-0.1, -0.05) is 12.1 Å². The van der Waals surface area contributed by atoms with Crippen molar-refractivity contribution >= 4 is 11.8 Å². The Hall–Kier alpha value is -4.02. The number of halogens is 8. The van der Waals surface area contributed by atoms with Gasteiger partial charge in [-0.3, -0.25) is 33.9 Å². The van der Waals surface area contributed by atoms with Crippen molar-refractivity contribution in [3.05, 3.63) is 94.1 Å². The van der Waals surface area contributed by atoms with Crippen LogP contribution in [0.3, 0.4) is 0 Å². The van der Waals surface area contributed by atoms with E-state index in [4.69, 9.17) is 5.73 Å². The smallest absolute Gasteiger partial charge is 0.326 e. The minimum atomic E-state index is -4.69. The molecule has 0 unspecified atom stereocenters. The van der Waals surface area contributed by atoms with E-state index < -0.39 is 48.4 Å². The number of hydrogen-bond donors (Lipinski definition) is 1. The number of fused-ring (bicyclic) bond motifs is 1. The molecule has 1 aromatic carbocycles. The van der Waals surface area contributed by atoms with Gasteiger partial charge in [-0.15, -0.1) is 26.3 Å². The molecule has 0 atom stereocenters. The summed E-state index contributed by atoms with van der Waals surface area (Å²) in [5, 5.41) is 0. The standard InChI is InChI=1S/C19H14F4N2O3.C11H12F4N2O/c20-15-8-24-16(10-5-12(6-10)28-19(21,22)23)7-11(15)9-25-17(26)13-3-1-2-4-14(13)18(25)27;12-9-5-17-10(3-7(9)4-16)6-1-8(2-6)18-11(13,14)15/h1-4,7-8,10,12H,5-6,9H2;3,5-6,8H,1-2,4,16H2. The van der Waals surface area contributed by atoms with Crippen LogP contribution in [-0.4, -0.2) is 51.6 Å². The first-order chi connectivity index (χ1) is 21.6. The number of aromatic nitrogens is 2. The zero-order chi connectivity index (χ0) is 33.4. The molecule has 3 heterocycles. The molecule has 246 valence electrons. The van der Waals surface area contributed by atoms with Crippen molar-refractivity contribution in [1.29, 1.82) is 0 Å². The Morgan fingerprint density at radius 2 is 1.15 bits per heavy atom. The fourth-order valence-corrected chi connectivity index (χ4v) is 5.46. The Morgan fingerprint density at radius 3 is 1.57 bits per heavy atom. The molecule has 3 aliphatic rings.